The third-order valence-corrected chi connectivity index (χ3v) is 6.26. The molecule has 0 saturated carbocycles. The lowest BCUT2D eigenvalue weighted by molar-refractivity contribution is -0.141. The molecule has 2 aromatic rings. The fourth-order valence-corrected chi connectivity index (χ4v) is 4.54. The van der Waals surface area contributed by atoms with Crippen LogP contribution in [0, 0.1) is 6.92 Å². The number of carbonyl (C=O) groups is 1. The first kappa shape index (κ1) is 19.0. The molecule has 2 aliphatic rings. The van der Waals surface area contributed by atoms with Gasteiger partial charge >= 0.3 is 0 Å². The standard InChI is InChI=1S/C24H30N2O2/c1-20-8-10-22(11-9-20)25-14-5-15-26(17-16-25)23(27)24(12-18-28-19-13-24)21-6-3-2-4-7-21/h2-4,6-11H,5,12-19H2,1H3. The van der Waals surface area contributed by atoms with Crippen LogP contribution in [-0.4, -0.2) is 50.2 Å². The van der Waals surface area contributed by atoms with Crippen molar-refractivity contribution in [3.05, 3.63) is 65.7 Å². The van der Waals surface area contributed by atoms with Crippen LogP contribution in [0.5, 0.6) is 0 Å². The molecular weight excluding hydrogens is 348 g/mol. The molecule has 148 valence electrons. The molecule has 0 spiro atoms. The lowest BCUT2D eigenvalue weighted by Crippen LogP contribution is -2.50. The Morgan fingerprint density at radius 3 is 2.32 bits per heavy atom. The van der Waals surface area contributed by atoms with Crippen molar-refractivity contribution in [1.82, 2.24) is 4.90 Å². The molecule has 0 bridgehead atoms. The zero-order chi connectivity index (χ0) is 19.4. The monoisotopic (exact) mass is 378 g/mol. The van der Waals surface area contributed by atoms with Crippen molar-refractivity contribution in [3.63, 3.8) is 0 Å². The highest BCUT2D eigenvalue weighted by molar-refractivity contribution is 5.88. The van der Waals surface area contributed by atoms with Gasteiger partial charge in [0.2, 0.25) is 5.91 Å². The van der Waals surface area contributed by atoms with Crippen LogP contribution in [0.1, 0.15) is 30.4 Å². The van der Waals surface area contributed by atoms with Crippen molar-refractivity contribution < 1.29 is 9.53 Å². The lowest BCUT2D eigenvalue weighted by atomic mass is 9.73. The van der Waals surface area contributed by atoms with Crippen LogP contribution in [0.2, 0.25) is 0 Å². The van der Waals surface area contributed by atoms with Crippen LogP contribution >= 0.6 is 0 Å². The summed E-state index contributed by atoms with van der Waals surface area (Å²) in [6.07, 6.45) is 2.54. The summed E-state index contributed by atoms with van der Waals surface area (Å²) in [5.41, 5.74) is 3.24. The summed E-state index contributed by atoms with van der Waals surface area (Å²) >= 11 is 0. The van der Waals surface area contributed by atoms with E-state index in [4.69, 9.17) is 4.74 Å². The molecule has 4 nitrogen and oxygen atoms in total. The Balaban J connectivity index is 1.52. The minimum atomic E-state index is -0.432. The quantitative estimate of drug-likeness (QED) is 0.815. The fourth-order valence-electron chi connectivity index (χ4n) is 4.54. The Morgan fingerprint density at radius 2 is 1.61 bits per heavy atom. The number of aryl methyl sites for hydroxylation is 1. The molecule has 0 aromatic heterocycles. The third-order valence-electron chi connectivity index (χ3n) is 6.26. The highest BCUT2D eigenvalue weighted by Crippen LogP contribution is 2.37. The van der Waals surface area contributed by atoms with Gasteiger partial charge in [-0.15, -0.1) is 0 Å². The van der Waals surface area contributed by atoms with Gasteiger partial charge in [0.15, 0.2) is 0 Å². The van der Waals surface area contributed by atoms with E-state index >= 15 is 0 Å². The van der Waals surface area contributed by atoms with Gasteiger partial charge in [0.25, 0.3) is 0 Å². The van der Waals surface area contributed by atoms with Crippen LogP contribution in [0.4, 0.5) is 5.69 Å². The molecule has 2 heterocycles. The van der Waals surface area contributed by atoms with E-state index in [1.165, 1.54) is 11.3 Å². The average Bonchev–Trinajstić information content (AvgIpc) is 3.01. The second-order valence-corrected chi connectivity index (χ2v) is 8.03. The van der Waals surface area contributed by atoms with Crippen LogP contribution in [0.25, 0.3) is 0 Å². The molecular formula is C24H30N2O2. The van der Waals surface area contributed by atoms with Gasteiger partial charge in [-0.25, -0.2) is 0 Å². The number of amides is 1. The third kappa shape index (κ3) is 3.79. The van der Waals surface area contributed by atoms with E-state index in [2.05, 4.69) is 53.1 Å². The van der Waals surface area contributed by atoms with Gasteiger partial charge < -0.3 is 14.5 Å². The fraction of sp³-hybridized carbons (Fsp3) is 0.458. The molecule has 2 aliphatic heterocycles. The van der Waals surface area contributed by atoms with Gasteiger partial charge in [-0.2, -0.15) is 0 Å². The first-order valence-electron chi connectivity index (χ1n) is 10.4. The Morgan fingerprint density at radius 1 is 0.893 bits per heavy atom. The van der Waals surface area contributed by atoms with Gasteiger partial charge in [0.1, 0.15) is 0 Å². The Labute approximate surface area is 168 Å². The molecule has 2 aromatic carbocycles. The Hall–Kier alpha value is -2.33. The van der Waals surface area contributed by atoms with E-state index in [1.807, 2.05) is 18.2 Å². The lowest BCUT2D eigenvalue weighted by Gasteiger charge is -2.40. The summed E-state index contributed by atoms with van der Waals surface area (Å²) in [4.78, 5) is 18.3. The van der Waals surface area contributed by atoms with E-state index in [1.54, 1.807) is 0 Å². The number of nitrogens with zero attached hydrogens (tertiary/aromatic N) is 2. The maximum absolute atomic E-state index is 13.8. The summed E-state index contributed by atoms with van der Waals surface area (Å²) < 4.78 is 5.61. The van der Waals surface area contributed by atoms with Crippen molar-refractivity contribution in [3.8, 4) is 0 Å². The maximum atomic E-state index is 13.8. The zero-order valence-corrected chi connectivity index (χ0v) is 16.8. The van der Waals surface area contributed by atoms with E-state index < -0.39 is 5.41 Å². The molecule has 0 atom stereocenters. The number of ether oxygens (including phenoxy) is 1. The molecule has 2 saturated heterocycles. The highest BCUT2D eigenvalue weighted by atomic mass is 16.5. The number of benzene rings is 2. The number of carbonyl (C=O) groups excluding carboxylic acids is 1. The summed E-state index contributed by atoms with van der Waals surface area (Å²) in [6.45, 7) is 6.92. The molecule has 0 aliphatic carbocycles. The predicted octanol–water partition coefficient (Wildman–Crippen LogP) is 3.78. The van der Waals surface area contributed by atoms with E-state index in [0.29, 0.717) is 13.2 Å². The van der Waals surface area contributed by atoms with Crippen LogP contribution in [-0.2, 0) is 14.9 Å². The zero-order valence-electron chi connectivity index (χ0n) is 16.8. The first-order chi connectivity index (χ1) is 13.7. The molecule has 0 N–H and O–H groups in total. The summed E-state index contributed by atoms with van der Waals surface area (Å²) in [5, 5.41) is 0. The van der Waals surface area contributed by atoms with Crippen molar-refractivity contribution in [1.29, 1.82) is 0 Å². The smallest absolute Gasteiger partial charge is 0.233 e. The first-order valence-corrected chi connectivity index (χ1v) is 10.4. The van der Waals surface area contributed by atoms with Crippen molar-refractivity contribution in [2.75, 3.05) is 44.3 Å². The Kier molecular flexibility index (Phi) is 5.67. The molecule has 0 radical (unpaired) electrons. The van der Waals surface area contributed by atoms with Crippen molar-refractivity contribution >= 4 is 11.6 Å². The summed E-state index contributed by atoms with van der Waals surface area (Å²) in [6, 6.07) is 19.0. The molecule has 1 amide bonds. The molecule has 2 fully saturated rings. The van der Waals surface area contributed by atoms with Gasteiger partial charge in [0.05, 0.1) is 5.41 Å². The predicted molar refractivity (Wildman–Crippen MR) is 113 cm³/mol. The number of hydrogen-bond acceptors (Lipinski definition) is 3. The summed E-state index contributed by atoms with van der Waals surface area (Å²) in [5.74, 6) is 0.285. The second kappa shape index (κ2) is 8.36. The largest absolute Gasteiger partial charge is 0.381 e. The van der Waals surface area contributed by atoms with E-state index in [9.17, 15) is 4.79 Å². The normalized spacial score (nSPS) is 19.9. The number of hydrogen-bond donors (Lipinski definition) is 0. The highest BCUT2D eigenvalue weighted by Gasteiger charge is 2.44. The van der Waals surface area contributed by atoms with Crippen molar-refractivity contribution in [2.24, 2.45) is 0 Å². The van der Waals surface area contributed by atoms with Crippen LogP contribution in [0.15, 0.2) is 54.6 Å². The molecule has 4 heteroatoms. The Bertz CT molecular complexity index is 782. The van der Waals surface area contributed by atoms with Gasteiger partial charge in [-0.1, -0.05) is 48.0 Å². The van der Waals surface area contributed by atoms with Crippen LogP contribution in [0.3, 0.4) is 0 Å². The van der Waals surface area contributed by atoms with Crippen molar-refractivity contribution in [2.45, 2.75) is 31.6 Å². The van der Waals surface area contributed by atoms with Gasteiger partial charge in [0, 0.05) is 45.1 Å². The maximum Gasteiger partial charge on any atom is 0.233 e. The summed E-state index contributed by atoms with van der Waals surface area (Å²) in [7, 11) is 0. The SMILES string of the molecule is Cc1ccc(N2CCCN(C(=O)C3(c4ccccc4)CCOCC3)CC2)cc1. The van der Waals surface area contributed by atoms with Gasteiger partial charge in [-0.05, 0) is 43.9 Å². The molecule has 28 heavy (non-hydrogen) atoms. The molecule has 0 unspecified atom stereocenters. The minimum absolute atomic E-state index is 0.285. The molecule has 4 rings (SSSR count). The number of rotatable bonds is 3. The number of anilines is 1. The second-order valence-electron chi connectivity index (χ2n) is 8.03. The minimum Gasteiger partial charge on any atom is -0.381 e. The van der Waals surface area contributed by atoms with E-state index in [-0.39, 0.29) is 5.91 Å². The van der Waals surface area contributed by atoms with Crippen LogP contribution < -0.4 is 4.90 Å². The van der Waals surface area contributed by atoms with E-state index in [0.717, 1.165) is 51.0 Å². The van der Waals surface area contributed by atoms with Gasteiger partial charge in [-0.3, -0.25) is 4.79 Å². The topological polar surface area (TPSA) is 32.8 Å². The average molecular weight is 379 g/mol.